The molecule has 0 amide bonds. The van der Waals surface area contributed by atoms with E-state index in [2.05, 4.69) is 24.1 Å². The van der Waals surface area contributed by atoms with Crippen LogP contribution in [0.5, 0.6) is 0 Å². The predicted molar refractivity (Wildman–Crippen MR) is 70.5 cm³/mol. The van der Waals surface area contributed by atoms with Crippen molar-refractivity contribution in [2.45, 2.75) is 32.8 Å². The molecule has 1 saturated heterocycles. The van der Waals surface area contributed by atoms with Gasteiger partial charge in [-0.25, -0.2) is 0 Å². The summed E-state index contributed by atoms with van der Waals surface area (Å²) in [6, 6.07) is 0. The number of nitrogens with zero attached hydrogens (tertiary/aromatic N) is 1. The first-order valence-electron chi connectivity index (χ1n) is 6.91. The minimum Gasteiger partial charge on any atom is -0.381 e. The van der Waals surface area contributed by atoms with Crippen LogP contribution in [-0.4, -0.2) is 63.5 Å². The normalized spacial score (nSPS) is 17.8. The molecule has 0 aromatic carbocycles. The van der Waals surface area contributed by atoms with E-state index in [0.29, 0.717) is 6.10 Å². The molecule has 0 aromatic rings. The van der Waals surface area contributed by atoms with Crippen LogP contribution in [0.1, 0.15) is 26.7 Å². The van der Waals surface area contributed by atoms with Gasteiger partial charge < -0.3 is 19.7 Å². The third kappa shape index (κ3) is 8.55. The van der Waals surface area contributed by atoms with Gasteiger partial charge in [-0.1, -0.05) is 0 Å². The Morgan fingerprint density at radius 2 is 1.76 bits per heavy atom. The number of hydrogen-bond acceptors (Lipinski definition) is 4. The zero-order valence-electron chi connectivity index (χ0n) is 11.4. The Bertz CT molecular complexity index is 171. The van der Waals surface area contributed by atoms with E-state index in [-0.39, 0.29) is 0 Å². The molecule has 0 saturated carbocycles. The molecule has 0 unspecified atom stereocenters. The zero-order chi connectivity index (χ0) is 12.3. The molecule has 0 atom stereocenters. The first-order chi connectivity index (χ1) is 8.29. The predicted octanol–water partition coefficient (Wildman–Crippen LogP) is 1.11. The average Bonchev–Trinajstić information content (AvgIpc) is 2.33. The quantitative estimate of drug-likeness (QED) is 0.616. The highest BCUT2D eigenvalue weighted by Crippen LogP contribution is 1.96. The van der Waals surface area contributed by atoms with Crippen molar-refractivity contribution in [3.63, 3.8) is 0 Å². The van der Waals surface area contributed by atoms with E-state index in [4.69, 9.17) is 9.47 Å². The van der Waals surface area contributed by atoms with Gasteiger partial charge in [-0.05, 0) is 26.7 Å². The highest BCUT2D eigenvalue weighted by atomic mass is 16.5. The molecular weight excluding hydrogens is 216 g/mol. The van der Waals surface area contributed by atoms with Gasteiger partial charge in [0.1, 0.15) is 0 Å². The summed E-state index contributed by atoms with van der Waals surface area (Å²) in [4.78, 5) is 2.50. The largest absolute Gasteiger partial charge is 0.381 e. The summed E-state index contributed by atoms with van der Waals surface area (Å²) in [6.45, 7) is 12.5. The molecule has 102 valence electrons. The minimum atomic E-state index is 0.336. The second kappa shape index (κ2) is 9.83. The monoisotopic (exact) mass is 244 g/mol. The van der Waals surface area contributed by atoms with Crippen LogP contribution in [0.3, 0.4) is 0 Å². The van der Waals surface area contributed by atoms with E-state index in [1.165, 1.54) is 19.6 Å². The summed E-state index contributed by atoms with van der Waals surface area (Å²) in [5, 5.41) is 3.36. The molecule has 0 spiro atoms. The summed E-state index contributed by atoms with van der Waals surface area (Å²) < 4.78 is 11.0. The Morgan fingerprint density at radius 1 is 1.06 bits per heavy atom. The van der Waals surface area contributed by atoms with Gasteiger partial charge in [0, 0.05) is 52.5 Å². The molecule has 4 nitrogen and oxygen atoms in total. The summed E-state index contributed by atoms with van der Waals surface area (Å²) in [6.07, 6.45) is 2.49. The van der Waals surface area contributed by atoms with Crippen LogP contribution in [0.25, 0.3) is 0 Å². The lowest BCUT2D eigenvalue weighted by atomic mass is 10.3. The first kappa shape index (κ1) is 14.9. The van der Waals surface area contributed by atoms with Crippen LogP contribution in [0, 0.1) is 0 Å². The van der Waals surface area contributed by atoms with E-state index in [1.54, 1.807) is 0 Å². The van der Waals surface area contributed by atoms with Crippen LogP contribution < -0.4 is 5.32 Å². The van der Waals surface area contributed by atoms with Crippen molar-refractivity contribution in [1.29, 1.82) is 0 Å². The minimum absolute atomic E-state index is 0.336. The third-order valence-corrected chi connectivity index (χ3v) is 2.86. The maximum atomic E-state index is 5.58. The van der Waals surface area contributed by atoms with Gasteiger partial charge in [-0.2, -0.15) is 0 Å². The molecular formula is C13H28N2O2. The van der Waals surface area contributed by atoms with Gasteiger partial charge in [0.25, 0.3) is 0 Å². The molecule has 1 fully saturated rings. The van der Waals surface area contributed by atoms with Gasteiger partial charge in [-0.15, -0.1) is 0 Å². The molecule has 0 bridgehead atoms. The molecule has 1 aliphatic rings. The Balaban J connectivity index is 1.78. The van der Waals surface area contributed by atoms with Crippen LogP contribution in [0.4, 0.5) is 0 Å². The first-order valence-corrected chi connectivity index (χ1v) is 6.91. The van der Waals surface area contributed by atoms with Crippen LogP contribution in [0.15, 0.2) is 0 Å². The van der Waals surface area contributed by atoms with Crippen molar-refractivity contribution < 1.29 is 9.47 Å². The summed E-state index contributed by atoms with van der Waals surface area (Å²) >= 11 is 0. The van der Waals surface area contributed by atoms with Crippen molar-refractivity contribution in [3.05, 3.63) is 0 Å². The van der Waals surface area contributed by atoms with Gasteiger partial charge in [0.05, 0.1) is 6.10 Å². The number of rotatable bonds is 9. The summed E-state index contributed by atoms with van der Waals surface area (Å²) in [5.41, 5.74) is 0. The maximum Gasteiger partial charge on any atom is 0.0518 e. The van der Waals surface area contributed by atoms with E-state index >= 15 is 0 Å². The Morgan fingerprint density at radius 3 is 2.47 bits per heavy atom. The molecule has 4 heteroatoms. The summed E-state index contributed by atoms with van der Waals surface area (Å²) in [7, 11) is 0. The van der Waals surface area contributed by atoms with Crippen molar-refractivity contribution in [2.24, 2.45) is 0 Å². The molecule has 1 aliphatic heterocycles. The second-order valence-corrected chi connectivity index (χ2v) is 4.83. The lowest BCUT2D eigenvalue weighted by molar-refractivity contribution is 0.0493. The number of nitrogens with one attached hydrogen (secondary N) is 1. The van der Waals surface area contributed by atoms with Gasteiger partial charge >= 0.3 is 0 Å². The molecule has 17 heavy (non-hydrogen) atoms. The molecule has 1 rings (SSSR count). The molecule has 1 N–H and O–H groups in total. The molecule has 0 aliphatic carbocycles. The average molecular weight is 244 g/mol. The van der Waals surface area contributed by atoms with Gasteiger partial charge in [-0.3, -0.25) is 0 Å². The molecule has 1 heterocycles. The highest BCUT2D eigenvalue weighted by Gasteiger charge is 2.07. The van der Waals surface area contributed by atoms with Crippen LogP contribution in [-0.2, 0) is 9.47 Å². The van der Waals surface area contributed by atoms with Crippen molar-refractivity contribution in [2.75, 3.05) is 52.5 Å². The fourth-order valence-corrected chi connectivity index (χ4v) is 1.91. The Hall–Kier alpha value is -0.160. The summed E-state index contributed by atoms with van der Waals surface area (Å²) in [5.74, 6) is 0. The van der Waals surface area contributed by atoms with Crippen molar-refractivity contribution in [1.82, 2.24) is 10.2 Å². The van der Waals surface area contributed by atoms with E-state index in [9.17, 15) is 0 Å². The fourth-order valence-electron chi connectivity index (χ4n) is 1.91. The number of ether oxygens (including phenoxy) is 2. The van der Waals surface area contributed by atoms with Crippen molar-refractivity contribution >= 4 is 0 Å². The van der Waals surface area contributed by atoms with E-state index in [0.717, 1.165) is 45.8 Å². The lowest BCUT2D eigenvalue weighted by Crippen LogP contribution is -2.43. The third-order valence-electron chi connectivity index (χ3n) is 2.86. The van der Waals surface area contributed by atoms with Gasteiger partial charge in [0.15, 0.2) is 0 Å². The standard InChI is InChI=1S/C13H28N2O2/c1-13(2)17-12-4-11-16-10-3-7-15-8-5-14-6-9-15/h13-14H,3-12H2,1-2H3. The number of piperazine rings is 1. The highest BCUT2D eigenvalue weighted by molar-refractivity contribution is 4.66. The SMILES string of the molecule is CC(C)OCCCOCCCN1CCNCC1. The molecule has 0 radical (unpaired) electrons. The Kier molecular flexibility index (Phi) is 8.61. The lowest BCUT2D eigenvalue weighted by Gasteiger charge is -2.26. The van der Waals surface area contributed by atoms with Crippen LogP contribution >= 0.6 is 0 Å². The Labute approximate surface area is 106 Å². The van der Waals surface area contributed by atoms with E-state index < -0.39 is 0 Å². The fraction of sp³-hybridized carbons (Fsp3) is 1.00. The number of hydrogen-bond donors (Lipinski definition) is 1. The van der Waals surface area contributed by atoms with Crippen molar-refractivity contribution in [3.8, 4) is 0 Å². The topological polar surface area (TPSA) is 33.7 Å². The maximum absolute atomic E-state index is 5.58. The molecule has 0 aromatic heterocycles. The smallest absolute Gasteiger partial charge is 0.0518 e. The zero-order valence-corrected chi connectivity index (χ0v) is 11.4. The van der Waals surface area contributed by atoms with Gasteiger partial charge in [0.2, 0.25) is 0 Å². The second-order valence-electron chi connectivity index (χ2n) is 4.83. The van der Waals surface area contributed by atoms with Crippen LogP contribution in [0.2, 0.25) is 0 Å². The van der Waals surface area contributed by atoms with E-state index in [1.807, 2.05) is 0 Å².